The molecule has 1 heterocycles. The lowest BCUT2D eigenvalue weighted by Crippen LogP contribution is -2.26. The molecule has 1 atom stereocenters. The van der Waals surface area contributed by atoms with Crippen molar-refractivity contribution in [3.8, 4) is 6.01 Å². The van der Waals surface area contributed by atoms with E-state index in [4.69, 9.17) is 9.47 Å². The van der Waals surface area contributed by atoms with Gasteiger partial charge in [0.15, 0.2) is 0 Å². The quantitative estimate of drug-likeness (QED) is 0.707. The summed E-state index contributed by atoms with van der Waals surface area (Å²) in [5.41, 5.74) is 0. The summed E-state index contributed by atoms with van der Waals surface area (Å²) in [4.78, 5) is 15.2. The van der Waals surface area contributed by atoms with E-state index in [1.54, 1.807) is 7.11 Å². The van der Waals surface area contributed by atoms with Crippen LogP contribution >= 0.6 is 0 Å². The average Bonchev–Trinajstić information content (AvgIpc) is 2.46. The van der Waals surface area contributed by atoms with Gasteiger partial charge in [0, 0.05) is 26.7 Å². The summed E-state index contributed by atoms with van der Waals surface area (Å²) in [6.07, 6.45) is 0.892. The highest BCUT2D eigenvalue weighted by Crippen LogP contribution is 2.16. The van der Waals surface area contributed by atoms with E-state index in [1.165, 1.54) is 0 Å². The molecule has 0 radical (unpaired) electrons. The predicted molar refractivity (Wildman–Crippen MR) is 84.1 cm³/mol. The third-order valence-electron chi connectivity index (χ3n) is 2.89. The number of nitrogens with zero attached hydrogens (tertiary/aromatic N) is 4. The van der Waals surface area contributed by atoms with E-state index >= 15 is 0 Å². The van der Waals surface area contributed by atoms with Crippen LogP contribution < -0.4 is 15.0 Å². The summed E-state index contributed by atoms with van der Waals surface area (Å²) in [5, 5.41) is 3.18. The Morgan fingerprint density at radius 1 is 1.14 bits per heavy atom. The molecule has 0 aliphatic heterocycles. The van der Waals surface area contributed by atoms with Gasteiger partial charge in [-0.15, -0.1) is 0 Å². The summed E-state index contributed by atoms with van der Waals surface area (Å²) in [7, 11) is 1.64. The van der Waals surface area contributed by atoms with Crippen LogP contribution in [0.15, 0.2) is 0 Å². The monoisotopic (exact) mass is 297 g/mol. The van der Waals surface area contributed by atoms with Gasteiger partial charge in [-0.3, -0.25) is 0 Å². The minimum Gasteiger partial charge on any atom is -0.458 e. The van der Waals surface area contributed by atoms with Crippen LogP contribution in [0.2, 0.25) is 0 Å². The molecule has 1 N–H and O–H groups in total. The van der Waals surface area contributed by atoms with Gasteiger partial charge in [-0.1, -0.05) is 6.92 Å². The number of hydrogen-bond donors (Lipinski definition) is 1. The normalized spacial score (nSPS) is 12.0. The van der Waals surface area contributed by atoms with Gasteiger partial charge < -0.3 is 19.7 Å². The van der Waals surface area contributed by atoms with E-state index in [0.29, 0.717) is 24.5 Å². The zero-order valence-electron chi connectivity index (χ0n) is 13.7. The highest BCUT2D eigenvalue weighted by Gasteiger charge is 2.14. The highest BCUT2D eigenvalue weighted by molar-refractivity contribution is 5.38. The molecule has 0 bridgehead atoms. The Morgan fingerprint density at radius 3 is 2.43 bits per heavy atom. The zero-order valence-corrected chi connectivity index (χ0v) is 13.7. The van der Waals surface area contributed by atoms with Gasteiger partial charge in [0.1, 0.15) is 6.10 Å². The Balaban J connectivity index is 2.96. The van der Waals surface area contributed by atoms with Crippen molar-refractivity contribution in [3.05, 3.63) is 0 Å². The second-order valence-corrected chi connectivity index (χ2v) is 4.72. The molecule has 1 unspecified atom stereocenters. The second kappa shape index (κ2) is 9.33. The second-order valence-electron chi connectivity index (χ2n) is 4.72. The van der Waals surface area contributed by atoms with Crippen LogP contribution in [-0.2, 0) is 4.74 Å². The molecule has 0 saturated carbocycles. The Labute approximate surface area is 127 Å². The van der Waals surface area contributed by atoms with Gasteiger partial charge >= 0.3 is 6.01 Å². The molecule has 7 nitrogen and oxygen atoms in total. The molecular formula is C14H27N5O2. The van der Waals surface area contributed by atoms with Gasteiger partial charge in [-0.05, 0) is 27.2 Å². The number of hydrogen-bond acceptors (Lipinski definition) is 7. The van der Waals surface area contributed by atoms with Crippen LogP contribution in [0, 0.1) is 0 Å². The summed E-state index contributed by atoms with van der Waals surface area (Å²) in [6, 6.07) is 0.329. The fraction of sp³-hybridized carbons (Fsp3) is 0.786. The van der Waals surface area contributed by atoms with Crippen molar-refractivity contribution >= 4 is 11.9 Å². The smallest absolute Gasteiger partial charge is 0.323 e. The summed E-state index contributed by atoms with van der Waals surface area (Å²) in [6.45, 7) is 11.1. The third-order valence-corrected chi connectivity index (χ3v) is 2.89. The summed E-state index contributed by atoms with van der Waals surface area (Å²) in [5.74, 6) is 1.18. The van der Waals surface area contributed by atoms with Gasteiger partial charge in [0.05, 0.1) is 6.61 Å². The van der Waals surface area contributed by atoms with E-state index < -0.39 is 0 Å². The molecule has 0 aliphatic carbocycles. The maximum Gasteiger partial charge on any atom is 0.323 e. The van der Waals surface area contributed by atoms with E-state index in [2.05, 4.69) is 45.9 Å². The maximum atomic E-state index is 5.70. The fourth-order valence-corrected chi connectivity index (χ4v) is 1.81. The Morgan fingerprint density at radius 2 is 1.86 bits per heavy atom. The minimum absolute atomic E-state index is 0.110. The van der Waals surface area contributed by atoms with Crippen LogP contribution in [0.1, 0.15) is 34.1 Å². The molecule has 0 amide bonds. The molecule has 21 heavy (non-hydrogen) atoms. The molecule has 0 saturated heterocycles. The van der Waals surface area contributed by atoms with Crippen LogP contribution in [0.4, 0.5) is 11.9 Å². The van der Waals surface area contributed by atoms with Crippen LogP contribution in [0.5, 0.6) is 6.01 Å². The lowest BCUT2D eigenvalue weighted by Gasteiger charge is -2.20. The molecular weight excluding hydrogens is 270 g/mol. The molecule has 0 aliphatic rings. The van der Waals surface area contributed by atoms with E-state index in [9.17, 15) is 0 Å². The van der Waals surface area contributed by atoms with Gasteiger partial charge in [0.25, 0.3) is 0 Å². The fourth-order valence-electron chi connectivity index (χ4n) is 1.81. The number of nitrogens with one attached hydrogen (secondary N) is 1. The first-order valence-electron chi connectivity index (χ1n) is 7.54. The topological polar surface area (TPSA) is 72.4 Å². The van der Waals surface area contributed by atoms with Gasteiger partial charge in [-0.2, -0.15) is 15.0 Å². The highest BCUT2D eigenvalue weighted by atomic mass is 16.5. The van der Waals surface area contributed by atoms with Crippen LogP contribution in [-0.4, -0.2) is 54.4 Å². The van der Waals surface area contributed by atoms with Crippen LogP contribution in [0.25, 0.3) is 0 Å². The van der Waals surface area contributed by atoms with Crippen molar-refractivity contribution in [2.24, 2.45) is 0 Å². The molecule has 0 spiro atoms. The number of anilines is 2. The lowest BCUT2D eigenvalue weighted by molar-refractivity contribution is 0.0855. The Kier molecular flexibility index (Phi) is 7.74. The summed E-state index contributed by atoms with van der Waals surface area (Å²) >= 11 is 0. The molecule has 1 aromatic heterocycles. The molecule has 0 fully saturated rings. The van der Waals surface area contributed by atoms with Gasteiger partial charge in [-0.25, -0.2) is 0 Å². The Bertz CT molecular complexity index is 412. The molecule has 0 aromatic carbocycles. The van der Waals surface area contributed by atoms with Crippen molar-refractivity contribution in [3.63, 3.8) is 0 Å². The largest absolute Gasteiger partial charge is 0.458 e. The van der Waals surface area contributed by atoms with Crippen molar-refractivity contribution in [2.75, 3.05) is 43.6 Å². The molecule has 120 valence electrons. The molecule has 1 aromatic rings. The maximum absolute atomic E-state index is 5.70. The first-order chi connectivity index (χ1) is 10.1. The summed E-state index contributed by atoms with van der Waals surface area (Å²) < 4.78 is 10.8. The first-order valence-corrected chi connectivity index (χ1v) is 7.54. The predicted octanol–water partition coefficient (Wildman–Crippen LogP) is 1.95. The number of aromatic nitrogens is 3. The minimum atomic E-state index is -0.110. The first kappa shape index (κ1) is 17.4. The van der Waals surface area contributed by atoms with Crippen molar-refractivity contribution in [1.29, 1.82) is 0 Å². The molecule has 7 heteroatoms. The number of rotatable bonds is 10. The van der Waals surface area contributed by atoms with E-state index in [-0.39, 0.29) is 6.10 Å². The van der Waals surface area contributed by atoms with Crippen molar-refractivity contribution in [1.82, 2.24) is 15.0 Å². The SMILES string of the molecule is CCCNc1nc(OC(C)COC)nc(N(CC)CC)n1. The number of ether oxygens (including phenoxy) is 2. The third kappa shape index (κ3) is 5.71. The number of methoxy groups -OCH3 is 1. The lowest BCUT2D eigenvalue weighted by atomic mass is 10.4. The standard InChI is InChI=1S/C14H27N5O2/c1-6-9-15-12-16-13(19(7-2)8-3)18-14(17-12)21-11(4)10-20-5/h11H,6-10H2,1-5H3,(H,15,16,17,18). The van der Waals surface area contributed by atoms with Gasteiger partial charge in [0.2, 0.25) is 11.9 Å². The van der Waals surface area contributed by atoms with E-state index in [1.807, 2.05) is 6.92 Å². The van der Waals surface area contributed by atoms with E-state index in [0.717, 1.165) is 26.1 Å². The van der Waals surface area contributed by atoms with Crippen molar-refractivity contribution in [2.45, 2.75) is 40.2 Å². The van der Waals surface area contributed by atoms with Crippen LogP contribution in [0.3, 0.4) is 0 Å². The Hall–Kier alpha value is -1.63. The van der Waals surface area contributed by atoms with Crippen molar-refractivity contribution < 1.29 is 9.47 Å². The average molecular weight is 297 g/mol. The molecule has 1 rings (SSSR count). The zero-order chi connectivity index (χ0) is 15.7.